The molecule has 0 spiro atoms. The smallest absolute Gasteiger partial charge is 0.127 e. The Hall–Kier alpha value is -3.01. The van der Waals surface area contributed by atoms with E-state index in [1.807, 2.05) is 67.1 Å². The van der Waals surface area contributed by atoms with E-state index in [0.717, 1.165) is 22.3 Å². The molecule has 0 amide bonds. The quantitative estimate of drug-likeness (QED) is 0.787. The van der Waals surface area contributed by atoms with Gasteiger partial charge in [0.2, 0.25) is 0 Å². The van der Waals surface area contributed by atoms with Gasteiger partial charge in [-0.2, -0.15) is 0 Å². The summed E-state index contributed by atoms with van der Waals surface area (Å²) in [6.45, 7) is 0. The van der Waals surface area contributed by atoms with Gasteiger partial charge in [0.05, 0.1) is 22.9 Å². The van der Waals surface area contributed by atoms with Crippen molar-refractivity contribution < 1.29 is 0 Å². The molecule has 0 radical (unpaired) electrons. The minimum absolute atomic E-state index is 0.542. The summed E-state index contributed by atoms with van der Waals surface area (Å²) in [5.74, 6) is 0. The lowest BCUT2D eigenvalue weighted by atomic mass is 9.86. The maximum atomic E-state index is 4.81. The minimum Gasteiger partial charge on any atom is -0.373 e. The lowest BCUT2D eigenvalue weighted by molar-refractivity contribution is 0.547. The van der Waals surface area contributed by atoms with Crippen molar-refractivity contribution in [3.63, 3.8) is 0 Å². The molecule has 4 nitrogen and oxygen atoms in total. The Morgan fingerprint density at radius 3 is 2.59 bits per heavy atom. The molecule has 0 aliphatic carbocycles. The number of allylic oxidation sites excluding steroid dienone is 2. The highest BCUT2D eigenvalue weighted by atomic mass is 15.0. The van der Waals surface area contributed by atoms with Crippen LogP contribution in [0.4, 0.5) is 0 Å². The monoisotopic (exact) mass is 286 g/mol. The zero-order chi connectivity index (χ0) is 14.8. The molecule has 1 aliphatic heterocycles. The van der Waals surface area contributed by atoms with Crippen molar-refractivity contribution in [1.82, 2.24) is 20.3 Å². The van der Waals surface area contributed by atoms with Gasteiger partial charge in [-0.15, -0.1) is 0 Å². The van der Waals surface area contributed by atoms with E-state index in [0.29, 0.717) is 0 Å². The molecule has 2 aromatic heterocycles. The third-order valence-corrected chi connectivity index (χ3v) is 3.83. The predicted molar refractivity (Wildman–Crippen MR) is 86.0 cm³/mol. The van der Waals surface area contributed by atoms with Crippen LogP contribution in [0.2, 0.25) is 0 Å². The number of nitrogens with one attached hydrogen (secondary N) is 1. The average molecular weight is 286 g/mol. The van der Waals surface area contributed by atoms with Crippen LogP contribution in [0, 0.1) is 0 Å². The van der Waals surface area contributed by atoms with Crippen LogP contribution in [0.3, 0.4) is 0 Å². The van der Waals surface area contributed by atoms with Crippen LogP contribution in [-0.4, -0.2) is 15.0 Å². The maximum absolute atomic E-state index is 4.81. The highest BCUT2D eigenvalue weighted by molar-refractivity contribution is 5.74. The van der Waals surface area contributed by atoms with Gasteiger partial charge in [0.1, 0.15) is 5.54 Å². The first-order valence-corrected chi connectivity index (χ1v) is 7.13. The first-order chi connectivity index (χ1) is 10.9. The Labute approximate surface area is 128 Å². The van der Waals surface area contributed by atoms with Crippen molar-refractivity contribution in [1.29, 1.82) is 0 Å². The molecule has 1 aromatic carbocycles. The van der Waals surface area contributed by atoms with Gasteiger partial charge in [-0.1, -0.05) is 24.3 Å². The molecule has 1 N–H and O–H groups in total. The molecule has 1 aliphatic rings. The first-order valence-electron chi connectivity index (χ1n) is 7.13. The van der Waals surface area contributed by atoms with E-state index in [9.17, 15) is 0 Å². The van der Waals surface area contributed by atoms with Gasteiger partial charge in [-0.05, 0) is 36.6 Å². The number of hydrogen-bond acceptors (Lipinski definition) is 4. The Bertz CT molecular complexity index is 870. The number of fused-ring (bicyclic) bond motifs is 1. The van der Waals surface area contributed by atoms with Crippen LogP contribution >= 0.6 is 0 Å². The average Bonchev–Trinajstić information content (AvgIpc) is 2.62. The van der Waals surface area contributed by atoms with Crippen LogP contribution in [-0.2, 0) is 5.54 Å². The number of rotatable bonds is 2. The molecule has 106 valence electrons. The summed E-state index contributed by atoms with van der Waals surface area (Å²) in [6.07, 6.45) is 13.4. The third-order valence-electron chi connectivity index (χ3n) is 3.83. The molecular weight excluding hydrogens is 272 g/mol. The van der Waals surface area contributed by atoms with Crippen LogP contribution < -0.4 is 5.32 Å². The summed E-state index contributed by atoms with van der Waals surface area (Å²) >= 11 is 0. The molecular formula is C18H14N4. The summed E-state index contributed by atoms with van der Waals surface area (Å²) in [4.78, 5) is 13.6. The fourth-order valence-electron chi connectivity index (χ4n) is 2.71. The van der Waals surface area contributed by atoms with Crippen LogP contribution in [0.5, 0.6) is 0 Å². The minimum atomic E-state index is -0.542. The Morgan fingerprint density at radius 2 is 1.82 bits per heavy atom. The molecule has 0 saturated heterocycles. The normalized spacial score (nSPS) is 20.0. The number of hydrogen-bond donors (Lipinski definition) is 1. The van der Waals surface area contributed by atoms with E-state index < -0.39 is 5.54 Å². The molecule has 1 atom stereocenters. The fraction of sp³-hybridized carbons (Fsp3) is 0.0556. The molecule has 22 heavy (non-hydrogen) atoms. The SMILES string of the molecule is C1=CNC(c2cccnc2)(c2cnc3ccccc3n2)C=C1. The van der Waals surface area contributed by atoms with E-state index in [-0.39, 0.29) is 0 Å². The number of pyridine rings is 1. The van der Waals surface area contributed by atoms with Crippen LogP contribution in [0.15, 0.2) is 79.4 Å². The summed E-state index contributed by atoms with van der Waals surface area (Å²) in [5, 5.41) is 3.42. The van der Waals surface area contributed by atoms with Crippen molar-refractivity contribution in [2.24, 2.45) is 0 Å². The Morgan fingerprint density at radius 1 is 0.909 bits per heavy atom. The highest BCUT2D eigenvalue weighted by Gasteiger charge is 2.33. The molecule has 4 rings (SSSR count). The van der Waals surface area contributed by atoms with Crippen LogP contribution in [0.1, 0.15) is 11.3 Å². The Kier molecular flexibility index (Phi) is 2.93. The number of nitrogens with zero attached hydrogens (tertiary/aromatic N) is 3. The molecule has 0 fully saturated rings. The standard InChI is InChI=1S/C18H14N4/c1-2-8-16-15(7-1)20-13-17(22-16)18(9-3-4-11-21-18)14-6-5-10-19-12-14/h1-13,21H. The predicted octanol–water partition coefficient (Wildman–Crippen LogP) is 2.94. The maximum Gasteiger partial charge on any atom is 0.127 e. The van der Waals surface area contributed by atoms with Crippen LogP contribution in [0.25, 0.3) is 11.0 Å². The molecule has 0 bridgehead atoms. The van der Waals surface area contributed by atoms with Gasteiger partial charge in [0.15, 0.2) is 0 Å². The van der Waals surface area contributed by atoms with Crippen molar-refractivity contribution >= 4 is 11.0 Å². The molecule has 1 unspecified atom stereocenters. The number of para-hydroxylation sites is 2. The Balaban J connectivity index is 1.94. The van der Waals surface area contributed by atoms with Gasteiger partial charge in [-0.3, -0.25) is 9.97 Å². The fourth-order valence-corrected chi connectivity index (χ4v) is 2.71. The van der Waals surface area contributed by atoms with Gasteiger partial charge in [0.25, 0.3) is 0 Å². The second kappa shape index (κ2) is 5.07. The molecule has 4 heteroatoms. The van der Waals surface area contributed by atoms with E-state index in [1.54, 1.807) is 6.20 Å². The second-order valence-electron chi connectivity index (χ2n) is 5.16. The molecule has 3 aromatic rings. The van der Waals surface area contributed by atoms with Gasteiger partial charge < -0.3 is 5.32 Å². The topological polar surface area (TPSA) is 50.7 Å². The zero-order valence-corrected chi connectivity index (χ0v) is 11.8. The first kappa shape index (κ1) is 12.7. The lowest BCUT2D eigenvalue weighted by Gasteiger charge is -2.32. The molecule has 0 saturated carbocycles. The lowest BCUT2D eigenvalue weighted by Crippen LogP contribution is -2.40. The molecule has 3 heterocycles. The van der Waals surface area contributed by atoms with Gasteiger partial charge >= 0.3 is 0 Å². The number of dihydropyridines is 1. The van der Waals surface area contributed by atoms with E-state index >= 15 is 0 Å². The van der Waals surface area contributed by atoms with E-state index in [1.165, 1.54) is 0 Å². The van der Waals surface area contributed by atoms with Gasteiger partial charge in [-0.25, -0.2) is 4.98 Å². The largest absolute Gasteiger partial charge is 0.373 e. The van der Waals surface area contributed by atoms with Crippen molar-refractivity contribution in [2.75, 3.05) is 0 Å². The van der Waals surface area contributed by atoms with Gasteiger partial charge in [0, 0.05) is 18.0 Å². The highest BCUT2D eigenvalue weighted by Crippen LogP contribution is 2.31. The van der Waals surface area contributed by atoms with E-state index in [2.05, 4.69) is 21.4 Å². The number of benzene rings is 1. The summed E-state index contributed by atoms with van der Waals surface area (Å²) in [5.41, 5.74) is 3.11. The van der Waals surface area contributed by atoms with Crippen molar-refractivity contribution in [3.05, 3.63) is 90.7 Å². The second-order valence-corrected chi connectivity index (χ2v) is 5.16. The third kappa shape index (κ3) is 1.97. The van der Waals surface area contributed by atoms with Crippen molar-refractivity contribution in [2.45, 2.75) is 5.54 Å². The van der Waals surface area contributed by atoms with Crippen molar-refractivity contribution in [3.8, 4) is 0 Å². The summed E-state index contributed by atoms with van der Waals surface area (Å²) < 4.78 is 0. The van der Waals surface area contributed by atoms with E-state index in [4.69, 9.17) is 4.98 Å². The number of aromatic nitrogens is 3. The zero-order valence-electron chi connectivity index (χ0n) is 11.8. The summed E-state index contributed by atoms with van der Waals surface area (Å²) in [6, 6.07) is 11.9. The summed E-state index contributed by atoms with van der Waals surface area (Å²) in [7, 11) is 0.